The standard InChI is InChI=1S/C12H16N2O4/c1-2-11(8-14(16)17)13-12(15)18-9-10-6-4-3-5-7-10/h3-7,11H,2,8-9H2,1H3,(H,13,15). The molecule has 0 fully saturated rings. The number of ether oxygens (including phenoxy) is 1. The first-order valence-electron chi connectivity index (χ1n) is 5.70. The van der Waals surface area contributed by atoms with E-state index in [0.717, 1.165) is 5.56 Å². The molecule has 0 heterocycles. The summed E-state index contributed by atoms with van der Waals surface area (Å²) in [5, 5.41) is 12.8. The van der Waals surface area contributed by atoms with Crippen molar-refractivity contribution in [3.63, 3.8) is 0 Å². The lowest BCUT2D eigenvalue weighted by Gasteiger charge is -2.12. The average molecular weight is 252 g/mol. The number of hydrogen-bond donors (Lipinski definition) is 1. The highest BCUT2D eigenvalue weighted by Crippen LogP contribution is 2.01. The highest BCUT2D eigenvalue weighted by Gasteiger charge is 2.16. The van der Waals surface area contributed by atoms with Crippen molar-refractivity contribution in [2.75, 3.05) is 6.54 Å². The molecule has 0 bridgehead atoms. The first kappa shape index (κ1) is 14.0. The van der Waals surface area contributed by atoms with Crippen LogP contribution in [-0.4, -0.2) is 23.6 Å². The predicted molar refractivity (Wildman–Crippen MR) is 65.7 cm³/mol. The number of nitrogens with one attached hydrogen (secondary N) is 1. The molecule has 0 aliphatic heterocycles. The van der Waals surface area contributed by atoms with Crippen LogP contribution in [0.4, 0.5) is 4.79 Å². The number of alkyl carbamates (subject to hydrolysis) is 1. The highest BCUT2D eigenvalue weighted by molar-refractivity contribution is 5.67. The fourth-order valence-electron chi connectivity index (χ4n) is 1.39. The number of carbonyl (C=O) groups is 1. The Hall–Kier alpha value is -2.11. The second kappa shape index (κ2) is 7.26. The van der Waals surface area contributed by atoms with Crippen LogP contribution in [0.2, 0.25) is 0 Å². The van der Waals surface area contributed by atoms with Crippen LogP contribution in [0.3, 0.4) is 0 Å². The van der Waals surface area contributed by atoms with Crippen LogP contribution in [0.5, 0.6) is 0 Å². The molecule has 1 unspecified atom stereocenters. The summed E-state index contributed by atoms with van der Waals surface area (Å²) < 4.78 is 4.97. The number of amides is 1. The Morgan fingerprint density at radius 1 is 1.44 bits per heavy atom. The molecule has 1 aromatic rings. The minimum absolute atomic E-state index is 0.154. The molecule has 0 spiro atoms. The number of nitrogens with zero attached hydrogens (tertiary/aromatic N) is 1. The van der Waals surface area contributed by atoms with Crippen molar-refractivity contribution < 1.29 is 14.5 Å². The molecule has 0 aliphatic rings. The van der Waals surface area contributed by atoms with Gasteiger partial charge in [-0.3, -0.25) is 10.1 Å². The largest absolute Gasteiger partial charge is 0.445 e. The number of nitro groups is 1. The zero-order valence-electron chi connectivity index (χ0n) is 10.2. The third-order valence-corrected chi connectivity index (χ3v) is 2.40. The second-order valence-electron chi connectivity index (χ2n) is 3.83. The summed E-state index contributed by atoms with van der Waals surface area (Å²) in [4.78, 5) is 21.3. The maximum atomic E-state index is 11.4. The van der Waals surface area contributed by atoms with E-state index in [-0.39, 0.29) is 13.2 Å². The van der Waals surface area contributed by atoms with E-state index in [4.69, 9.17) is 4.74 Å². The van der Waals surface area contributed by atoms with Gasteiger partial charge in [0.15, 0.2) is 0 Å². The maximum absolute atomic E-state index is 11.4. The molecule has 0 aliphatic carbocycles. The van der Waals surface area contributed by atoms with Gasteiger partial charge in [-0.05, 0) is 12.0 Å². The molecule has 1 amide bonds. The summed E-state index contributed by atoms with van der Waals surface area (Å²) in [6.07, 6.45) is -0.144. The quantitative estimate of drug-likeness (QED) is 0.620. The van der Waals surface area contributed by atoms with E-state index in [2.05, 4.69) is 5.32 Å². The predicted octanol–water partition coefficient (Wildman–Crippen LogP) is 1.97. The van der Waals surface area contributed by atoms with Crippen LogP contribution in [0.1, 0.15) is 18.9 Å². The molecule has 1 rings (SSSR count). The van der Waals surface area contributed by atoms with Gasteiger partial charge in [0.1, 0.15) is 6.61 Å². The molecular weight excluding hydrogens is 236 g/mol. The Morgan fingerprint density at radius 2 is 2.11 bits per heavy atom. The van der Waals surface area contributed by atoms with E-state index >= 15 is 0 Å². The summed E-state index contributed by atoms with van der Waals surface area (Å²) >= 11 is 0. The van der Waals surface area contributed by atoms with Crippen molar-refractivity contribution in [3.05, 3.63) is 46.0 Å². The molecule has 0 saturated heterocycles. The Labute approximate surface area is 105 Å². The van der Waals surface area contributed by atoms with Crippen molar-refractivity contribution in [2.45, 2.75) is 26.0 Å². The Morgan fingerprint density at radius 3 is 2.67 bits per heavy atom. The van der Waals surface area contributed by atoms with Gasteiger partial charge in [0.05, 0.1) is 6.04 Å². The minimum atomic E-state index is -0.632. The number of benzene rings is 1. The molecule has 0 radical (unpaired) electrons. The van der Waals surface area contributed by atoms with Gasteiger partial charge >= 0.3 is 6.09 Å². The van der Waals surface area contributed by atoms with Crippen LogP contribution in [0.15, 0.2) is 30.3 Å². The fourth-order valence-corrected chi connectivity index (χ4v) is 1.39. The molecule has 6 heteroatoms. The third-order valence-electron chi connectivity index (χ3n) is 2.40. The van der Waals surface area contributed by atoms with E-state index in [1.54, 1.807) is 6.92 Å². The van der Waals surface area contributed by atoms with Crippen LogP contribution >= 0.6 is 0 Å². The topological polar surface area (TPSA) is 81.5 Å². The van der Waals surface area contributed by atoms with E-state index in [9.17, 15) is 14.9 Å². The monoisotopic (exact) mass is 252 g/mol. The van der Waals surface area contributed by atoms with Crippen molar-refractivity contribution in [1.82, 2.24) is 5.32 Å². The van der Waals surface area contributed by atoms with Gasteiger partial charge < -0.3 is 10.1 Å². The minimum Gasteiger partial charge on any atom is -0.445 e. The normalized spacial score (nSPS) is 11.6. The van der Waals surface area contributed by atoms with Crippen molar-refractivity contribution in [2.24, 2.45) is 0 Å². The van der Waals surface area contributed by atoms with Gasteiger partial charge in [0.2, 0.25) is 6.54 Å². The van der Waals surface area contributed by atoms with Crippen LogP contribution in [0, 0.1) is 10.1 Å². The Balaban J connectivity index is 2.34. The summed E-state index contributed by atoms with van der Waals surface area (Å²) in [6.45, 7) is 1.63. The zero-order valence-corrected chi connectivity index (χ0v) is 10.2. The Kier molecular flexibility index (Phi) is 5.63. The lowest BCUT2D eigenvalue weighted by atomic mass is 10.2. The van der Waals surface area contributed by atoms with Crippen LogP contribution in [-0.2, 0) is 11.3 Å². The van der Waals surface area contributed by atoms with Gasteiger partial charge in [0.25, 0.3) is 0 Å². The van der Waals surface area contributed by atoms with Crippen LogP contribution in [0.25, 0.3) is 0 Å². The SMILES string of the molecule is CCC(C[N+](=O)[O-])NC(=O)OCc1ccccc1. The van der Waals surface area contributed by atoms with E-state index in [1.165, 1.54) is 0 Å². The number of carbonyl (C=O) groups excluding carboxylic acids is 1. The molecule has 18 heavy (non-hydrogen) atoms. The summed E-state index contributed by atoms with van der Waals surface area (Å²) in [5.74, 6) is 0. The molecule has 1 N–H and O–H groups in total. The van der Waals surface area contributed by atoms with E-state index < -0.39 is 17.1 Å². The first-order valence-corrected chi connectivity index (χ1v) is 5.70. The van der Waals surface area contributed by atoms with Gasteiger partial charge in [-0.2, -0.15) is 0 Å². The van der Waals surface area contributed by atoms with Crippen molar-refractivity contribution >= 4 is 6.09 Å². The van der Waals surface area contributed by atoms with Crippen molar-refractivity contribution in [3.8, 4) is 0 Å². The van der Waals surface area contributed by atoms with E-state index in [0.29, 0.717) is 6.42 Å². The summed E-state index contributed by atoms with van der Waals surface area (Å²) in [6, 6.07) is 8.73. The molecule has 0 aromatic heterocycles. The Bertz CT molecular complexity index is 394. The van der Waals surface area contributed by atoms with E-state index in [1.807, 2.05) is 30.3 Å². The molecule has 1 atom stereocenters. The first-order chi connectivity index (χ1) is 8.61. The van der Waals surface area contributed by atoms with Crippen molar-refractivity contribution in [1.29, 1.82) is 0 Å². The number of hydrogen-bond acceptors (Lipinski definition) is 4. The van der Waals surface area contributed by atoms with Gasteiger partial charge in [0, 0.05) is 4.92 Å². The molecule has 6 nitrogen and oxygen atoms in total. The van der Waals surface area contributed by atoms with Crippen LogP contribution < -0.4 is 5.32 Å². The lowest BCUT2D eigenvalue weighted by Crippen LogP contribution is -2.39. The van der Waals surface area contributed by atoms with Gasteiger partial charge in [-0.1, -0.05) is 37.3 Å². The third kappa shape index (κ3) is 5.29. The zero-order chi connectivity index (χ0) is 13.4. The molecular formula is C12H16N2O4. The van der Waals surface area contributed by atoms with Gasteiger partial charge in [-0.25, -0.2) is 4.79 Å². The fraction of sp³-hybridized carbons (Fsp3) is 0.417. The molecule has 98 valence electrons. The summed E-state index contributed by atoms with van der Waals surface area (Å²) in [7, 11) is 0. The van der Waals surface area contributed by atoms with Gasteiger partial charge in [-0.15, -0.1) is 0 Å². The average Bonchev–Trinajstić information content (AvgIpc) is 2.36. The molecule has 1 aromatic carbocycles. The maximum Gasteiger partial charge on any atom is 0.407 e. The second-order valence-corrected chi connectivity index (χ2v) is 3.83. The smallest absolute Gasteiger partial charge is 0.407 e. The lowest BCUT2D eigenvalue weighted by molar-refractivity contribution is -0.483. The summed E-state index contributed by atoms with van der Waals surface area (Å²) in [5.41, 5.74) is 0.870. The molecule has 0 saturated carbocycles. The number of rotatable bonds is 6. The highest BCUT2D eigenvalue weighted by atomic mass is 16.6.